The van der Waals surface area contributed by atoms with E-state index in [1.807, 2.05) is 32.0 Å². The number of hydrogen-bond donors (Lipinski definition) is 1. The van der Waals surface area contributed by atoms with Gasteiger partial charge < -0.3 is 10.5 Å². The third-order valence-corrected chi connectivity index (χ3v) is 4.17. The molecule has 0 heterocycles. The van der Waals surface area contributed by atoms with E-state index in [9.17, 15) is 0 Å². The summed E-state index contributed by atoms with van der Waals surface area (Å²) in [5.41, 5.74) is 9.06. The Morgan fingerprint density at radius 2 is 1.67 bits per heavy atom. The van der Waals surface area contributed by atoms with Crippen LogP contribution in [0.2, 0.25) is 0 Å². The second-order valence-electron chi connectivity index (χ2n) is 6.15. The van der Waals surface area contributed by atoms with Gasteiger partial charge in [-0.2, -0.15) is 0 Å². The zero-order chi connectivity index (χ0) is 14.8. The first-order chi connectivity index (χ1) is 10.2. The Hall–Kier alpha value is -1.80. The fourth-order valence-corrected chi connectivity index (χ4v) is 3.04. The molecule has 0 bridgehead atoms. The average molecular weight is 281 g/mol. The van der Waals surface area contributed by atoms with Gasteiger partial charge in [-0.25, -0.2) is 0 Å². The minimum atomic E-state index is 0.0464. The van der Waals surface area contributed by atoms with Crippen molar-refractivity contribution in [3.8, 4) is 5.75 Å². The lowest BCUT2D eigenvalue weighted by Crippen LogP contribution is -2.16. The number of hydrogen-bond acceptors (Lipinski definition) is 2. The molecular formula is C19H23NO. The quantitative estimate of drug-likeness (QED) is 0.888. The van der Waals surface area contributed by atoms with Gasteiger partial charge in [0.25, 0.3) is 0 Å². The highest BCUT2D eigenvalue weighted by molar-refractivity contribution is 5.39. The molecule has 2 N–H and O–H groups in total. The SMILES string of the molecule is CC(C)Oc1ccccc1C(N)C1CC1c1ccccc1. The van der Waals surface area contributed by atoms with Crippen molar-refractivity contribution < 1.29 is 4.74 Å². The maximum Gasteiger partial charge on any atom is 0.124 e. The molecule has 0 aliphatic heterocycles. The van der Waals surface area contributed by atoms with Crippen molar-refractivity contribution in [1.29, 1.82) is 0 Å². The lowest BCUT2D eigenvalue weighted by molar-refractivity contribution is 0.238. The van der Waals surface area contributed by atoms with Crippen LogP contribution in [0.1, 0.15) is 43.4 Å². The van der Waals surface area contributed by atoms with Gasteiger partial charge in [0.15, 0.2) is 0 Å². The van der Waals surface area contributed by atoms with E-state index < -0.39 is 0 Å². The third-order valence-electron chi connectivity index (χ3n) is 4.17. The van der Waals surface area contributed by atoms with Crippen molar-refractivity contribution in [2.24, 2.45) is 11.7 Å². The molecule has 1 aliphatic rings. The van der Waals surface area contributed by atoms with E-state index in [0.717, 1.165) is 11.3 Å². The molecule has 21 heavy (non-hydrogen) atoms. The lowest BCUT2D eigenvalue weighted by Gasteiger charge is -2.19. The van der Waals surface area contributed by atoms with Crippen molar-refractivity contribution in [3.63, 3.8) is 0 Å². The highest BCUT2D eigenvalue weighted by Gasteiger charge is 2.43. The summed E-state index contributed by atoms with van der Waals surface area (Å²) < 4.78 is 5.91. The number of ether oxygens (including phenoxy) is 1. The van der Waals surface area contributed by atoms with E-state index >= 15 is 0 Å². The summed E-state index contributed by atoms with van der Waals surface area (Å²) >= 11 is 0. The molecule has 0 amide bonds. The molecule has 0 spiro atoms. The summed E-state index contributed by atoms with van der Waals surface area (Å²) in [7, 11) is 0. The van der Waals surface area contributed by atoms with E-state index in [2.05, 4.69) is 36.4 Å². The Morgan fingerprint density at radius 3 is 2.38 bits per heavy atom. The Labute approximate surface area is 126 Å². The molecule has 1 saturated carbocycles. The van der Waals surface area contributed by atoms with Crippen LogP contribution >= 0.6 is 0 Å². The van der Waals surface area contributed by atoms with Gasteiger partial charge in [-0.1, -0.05) is 48.5 Å². The zero-order valence-electron chi connectivity index (χ0n) is 12.7. The molecule has 3 atom stereocenters. The van der Waals surface area contributed by atoms with Gasteiger partial charge in [-0.05, 0) is 43.7 Å². The smallest absolute Gasteiger partial charge is 0.124 e. The maximum atomic E-state index is 6.52. The first kappa shape index (κ1) is 14.2. The van der Waals surface area contributed by atoms with Crippen molar-refractivity contribution in [3.05, 3.63) is 65.7 Å². The summed E-state index contributed by atoms with van der Waals surface area (Å²) in [6.07, 6.45) is 1.34. The topological polar surface area (TPSA) is 35.2 Å². The number of rotatable bonds is 5. The van der Waals surface area contributed by atoms with Crippen LogP contribution in [0.3, 0.4) is 0 Å². The van der Waals surface area contributed by atoms with Crippen LogP contribution in [-0.2, 0) is 0 Å². The lowest BCUT2D eigenvalue weighted by atomic mass is 9.99. The molecule has 1 fully saturated rings. The molecule has 2 aromatic carbocycles. The molecule has 2 nitrogen and oxygen atoms in total. The Kier molecular flexibility index (Phi) is 3.98. The van der Waals surface area contributed by atoms with Gasteiger partial charge >= 0.3 is 0 Å². The molecule has 0 aromatic heterocycles. The molecular weight excluding hydrogens is 258 g/mol. The number of para-hydroxylation sites is 1. The van der Waals surface area contributed by atoms with Crippen LogP contribution in [0, 0.1) is 5.92 Å². The van der Waals surface area contributed by atoms with Crippen molar-refractivity contribution in [1.82, 2.24) is 0 Å². The fourth-order valence-electron chi connectivity index (χ4n) is 3.04. The Morgan fingerprint density at radius 1 is 1.00 bits per heavy atom. The molecule has 2 aromatic rings. The Balaban J connectivity index is 1.77. The van der Waals surface area contributed by atoms with Gasteiger partial charge in [-0.15, -0.1) is 0 Å². The third kappa shape index (κ3) is 3.11. The van der Waals surface area contributed by atoms with Gasteiger partial charge in [0.05, 0.1) is 6.10 Å². The van der Waals surface area contributed by atoms with Crippen LogP contribution in [0.15, 0.2) is 54.6 Å². The predicted octanol–water partition coefficient (Wildman–Crippen LogP) is 4.28. The van der Waals surface area contributed by atoms with Crippen molar-refractivity contribution >= 4 is 0 Å². The first-order valence-electron chi connectivity index (χ1n) is 7.73. The minimum absolute atomic E-state index is 0.0464. The van der Waals surface area contributed by atoms with Crippen LogP contribution in [0.5, 0.6) is 5.75 Å². The van der Waals surface area contributed by atoms with E-state index in [1.54, 1.807) is 0 Å². The molecule has 0 saturated heterocycles. The van der Waals surface area contributed by atoms with Gasteiger partial charge in [0, 0.05) is 11.6 Å². The summed E-state index contributed by atoms with van der Waals surface area (Å²) in [4.78, 5) is 0. The second kappa shape index (κ2) is 5.90. The Bertz CT molecular complexity index is 594. The fraction of sp³-hybridized carbons (Fsp3) is 0.368. The highest BCUT2D eigenvalue weighted by Crippen LogP contribution is 2.54. The van der Waals surface area contributed by atoms with Crippen LogP contribution in [0.4, 0.5) is 0 Å². The molecule has 1 aliphatic carbocycles. The van der Waals surface area contributed by atoms with Crippen molar-refractivity contribution in [2.75, 3.05) is 0 Å². The van der Waals surface area contributed by atoms with Gasteiger partial charge in [-0.3, -0.25) is 0 Å². The van der Waals surface area contributed by atoms with Crippen LogP contribution < -0.4 is 10.5 Å². The molecule has 3 unspecified atom stereocenters. The summed E-state index contributed by atoms with van der Waals surface area (Å²) in [6, 6.07) is 18.9. The summed E-state index contributed by atoms with van der Waals surface area (Å²) in [5, 5.41) is 0. The largest absolute Gasteiger partial charge is 0.491 e. The standard InChI is InChI=1S/C19H23NO/c1-13(2)21-18-11-7-6-10-15(18)19(20)17-12-16(17)14-8-4-3-5-9-14/h3-11,13,16-17,19H,12,20H2,1-2H3. The molecule has 2 heteroatoms. The van der Waals surface area contributed by atoms with E-state index in [1.165, 1.54) is 12.0 Å². The van der Waals surface area contributed by atoms with E-state index in [0.29, 0.717) is 11.8 Å². The molecule has 0 radical (unpaired) electrons. The van der Waals surface area contributed by atoms with Crippen LogP contribution in [-0.4, -0.2) is 6.10 Å². The average Bonchev–Trinajstić information content (AvgIpc) is 3.28. The summed E-state index contributed by atoms with van der Waals surface area (Å²) in [6.45, 7) is 4.10. The normalized spacial score (nSPS) is 22.1. The monoisotopic (exact) mass is 281 g/mol. The highest BCUT2D eigenvalue weighted by atomic mass is 16.5. The zero-order valence-corrected chi connectivity index (χ0v) is 12.7. The van der Waals surface area contributed by atoms with Gasteiger partial charge in [0.1, 0.15) is 5.75 Å². The van der Waals surface area contributed by atoms with Crippen molar-refractivity contribution in [2.45, 2.75) is 38.3 Å². The second-order valence-corrected chi connectivity index (χ2v) is 6.15. The number of benzene rings is 2. The molecule has 110 valence electrons. The summed E-state index contributed by atoms with van der Waals surface area (Å²) in [5.74, 6) is 2.04. The van der Waals surface area contributed by atoms with Gasteiger partial charge in [0.2, 0.25) is 0 Å². The van der Waals surface area contributed by atoms with Crippen LogP contribution in [0.25, 0.3) is 0 Å². The van der Waals surface area contributed by atoms with E-state index in [-0.39, 0.29) is 12.1 Å². The predicted molar refractivity (Wildman–Crippen MR) is 86.4 cm³/mol. The van der Waals surface area contributed by atoms with E-state index in [4.69, 9.17) is 10.5 Å². The minimum Gasteiger partial charge on any atom is -0.491 e. The maximum absolute atomic E-state index is 6.52. The molecule has 3 rings (SSSR count). The number of nitrogens with two attached hydrogens (primary N) is 1. The first-order valence-corrected chi connectivity index (χ1v) is 7.73.